The fourth-order valence-electron chi connectivity index (χ4n) is 2.15. The molecule has 0 aliphatic rings. The molecule has 1 heterocycles. The molecule has 0 bridgehead atoms. The predicted molar refractivity (Wildman–Crippen MR) is 86.4 cm³/mol. The summed E-state index contributed by atoms with van der Waals surface area (Å²) in [5.41, 5.74) is -0.315. The van der Waals surface area contributed by atoms with Gasteiger partial charge in [0.05, 0.1) is 11.3 Å². The number of para-hydroxylation sites is 1. The normalized spacial score (nSPS) is 11.2. The van der Waals surface area contributed by atoms with Gasteiger partial charge in [0.15, 0.2) is 0 Å². The number of nitrogens with one attached hydrogen (secondary N) is 2. The Kier molecular flexibility index (Phi) is 4.51. The third kappa shape index (κ3) is 4.23. The van der Waals surface area contributed by atoms with Crippen molar-refractivity contribution < 1.29 is 17.6 Å². The van der Waals surface area contributed by atoms with Gasteiger partial charge in [0.25, 0.3) is 0 Å². The lowest BCUT2D eigenvalue weighted by Gasteiger charge is -2.14. The van der Waals surface area contributed by atoms with Gasteiger partial charge in [0, 0.05) is 11.8 Å². The Morgan fingerprint density at radius 2 is 1.44 bits per heavy atom. The molecule has 0 atom stereocenters. The monoisotopic (exact) mass is 348 g/mol. The number of anilines is 4. The summed E-state index contributed by atoms with van der Waals surface area (Å²) in [6, 6.07) is 12.2. The van der Waals surface area contributed by atoms with Gasteiger partial charge in [-0.05, 0) is 36.4 Å². The first-order valence-electron chi connectivity index (χ1n) is 7.20. The van der Waals surface area contributed by atoms with Crippen LogP contribution in [0.1, 0.15) is 5.56 Å². The Labute approximate surface area is 140 Å². The number of rotatable bonds is 4. The highest BCUT2D eigenvalue weighted by atomic mass is 19.4. The quantitative estimate of drug-likeness (QED) is 0.643. The zero-order valence-corrected chi connectivity index (χ0v) is 12.7. The van der Waals surface area contributed by atoms with Gasteiger partial charge in [-0.2, -0.15) is 13.2 Å². The molecule has 2 aromatic carbocycles. The van der Waals surface area contributed by atoms with Crippen LogP contribution in [0.2, 0.25) is 0 Å². The molecule has 0 radical (unpaired) electrons. The lowest BCUT2D eigenvalue weighted by Crippen LogP contribution is -2.09. The minimum absolute atomic E-state index is 0.110. The van der Waals surface area contributed by atoms with Crippen LogP contribution in [-0.2, 0) is 6.18 Å². The SMILES string of the molecule is Fc1ccc(Nc2cc(Nc3ccccc3C(F)(F)F)ncn2)cc1. The van der Waals surface area contributed by atoms with Crippen LogP contribution in [0, 0.1) is 5.82 Å². The van der Waals surface area contributed by atoms with E-state index in [4.69, 9.17) is 0 Å². The van der Waals surface area contributed by atoms with E-state index >= 15 is 0 Å². The van der Waals surface area contributed by atoms with E-state index in [1.54, 1.807) is 0 Å². The van der Waals surface area contributed by atoms with Gasteiger partial charge in [-0.3, -0.25) is 0 Å². The van der Waals surface area contributed by atoms with Crippen molar-refractivity contribution in [1.82, 2.24) is 9.97 Å². The molecule has 0 aliphatic carbocycles. The van der Waals surface area contributed by atoms with Crippen molar-refractivity contribution in [3.05, 3.63) is 72.3 Å². The Bertz CT molecular complexity index is 863. The highest BCUT2D eigenvalue weighted by Gasteiger charge is 2.33. The summed E-state index contributed by atoms with van der Waals surface area (Å²) in [4.78, 5) is 7.92. The molecule has 128 valence electrons. The largest absolute Gasteiger partial charge is 0.418 e. The zero-order valence-electron chi connectivity index (χ0n) is 12.7. The van der Waals surface area contributed by atoms with Gasteiger partial charge in [-0.25, -0.2) is 14.4 Å². The van der Waals surface area contributed by atoms with E-state index in [1.807, 2.05) is 0 Å². The maximum absolute atomic E-state index is 13.0. The lowest BCUT2D eigenvalue weighted by molar-refractivity contribution is -0.136. The summed E-state index contributed by atoms with van der Waals surface area (Å²) in [6.07, 6.45) is -3.27. The number of halogens is 4. The predicted octanol–water partition coefficient (Wildman–Crippen LogP) is 5.12. The maximum atomic E-state index is 13.0. The second-order valence-corrected chi connectivity index (χ2v) is 5.09. The van der Waals surface area contributed by atoms with Crippen LogP contribution in [0.3, 0.4) is 0 Å². The molecule has 4 nitrogen and oxygen atoms in total. The van der Waals surface area contributed by atoms with E-state index in [9.17, 15) is 17.6 Å². The summed E-state index contributed by atoms with van der Waals surface area (Å²) >= 11 is 0. The van der Waals surface area contributed by atoms with Gasteiger partial charge >= 0.3 is 6.18 Å². The topological polar surface area (TPSA) is 49.8 Å². The van der Waals surface area contributed by atoms with Crippen LogP contribution in [0.25, 0.3) is 0 Å². The summed E-state index contributed by atoms with van der Waals surface area (Å²) in [6.45, 7) is 0. The van der Waals surface area contributed by atoms with Gasteiger partial charge in [-0.15, -0.1) is 0 Å². The van der Waals surface area contributed by atoms with Crippen molar-refractivity contribution in [2.24, 2.45) is 0 Å². The van der Waals surface area contributed by atoms with E-state index in [0.29, 0.717) is 11.5 Å². The smallest absolute Gasteiger partial charge is 0.340 e. The second kappa shape index (κ2) is 6.76. The molecule has 25 heavy (non-hydrogen) atoms. The third-order valence-electron chi connectivity index (χ3n) is 3.28. The molecule has 0 amide bonds. The molecule has 0 unspecified atom stereocenters. The average molecular weight is 348 g/mol. The first-order valence-corrected chi connectivity index (χ1v) is 7.20. The number of benzene rings is 2. The average Bonchev–Trinajstić information content (AvgIpc) is 2.57. The van der Waals surface area contributed by atoms with Crippen molar-refractivity contribution in [2.45, 2.75) is 6.18 Å². The van der Waals surface area contributed by atoms with Crippen LogP contribution in [0.15, 0.2) is 60.9 Å². The molecule has 0 aliphatic heterocycles. The minimum atomic E-state index is -4.48. The second-order valence-electron chi connectivity index (χ2n) is 5.09. The van der Waals surface area contributed by atoms with Crippen LogP contribution in [0.5, 0.6) is 0 Å². The summed E-state index contributed by atoms with van der Waals surface area (Å²) < 4.78 is 52.0. The molecule has 8 heteroatoms. The first-order chi connectivity index (χ1) is 11.9. The Morgan fingerprint density at radius 1 is 0.800 bits per heavy atom. The van der Waals surface area contributed by atoms with Crippen molar-refractivity contribution in [1.29, 1.82) is 0 Å². The number of alkyl halides is 3. The first kappa shape index (κ1) is 16.7. The molecule has 3 rings (SSSR count). The Balaban J connectivity index is 1.82. The van der Waals surface area contributed by atoms with E-state index in [0.717, 1.165) is 6.07 Å². The standard InChI is InChI=1S/C17H12F4N4/c18-11-5-7-12(8-6-11)24-15-9-16(23-10-22-15)25-14-4-2-1-3-13(14)17(19,20)21/h1-10H,(H2,22,23,24,25). The molecule has 0 fully saturated rings. The third-order valence-corrected chi connectivity index (χ3v) is 3.28. The van der Waals surface area contributed by atoms with Crippen LogP contribution in [-0.4, -0.2) is 9.97 Å². The number of hydrogen-bond acceptors (Lipinski definition) is 4. The summed E-state index contributed by atoms with van der Waals surface area (Å²) in [5.74, 6) is 0.171. The minimum Gasteiger partial charge on any atom is -0.340 e. The van der Waals surface area contributed by atoms with Crippen molar-refractivity contribution in [3.8, 4) is 0 Å². The molecule has 0 spiro atoms. The van der Waals surface area contributed by atoms with E-state index in [1.165, 1.54) is 54.9 Å². The van der Waals surface area contributed by atoms with E-state index in [-0.39, 0.29) is 17.3 Å². The van der Waals surface area contributed by atoms with Crippen LogP contribution >= 0.6 is 0 Å². The van der Waals surface area contributed by atoms with Gasteiger partial charge in [-0.1, -0.05) is 12.1 Å². The Morgan fingerprint density at radius 3 is 2.12 bits per heavy atom. The molecule has 1 aromatic heterocycles. The van der Waals surface area contributed by atoms with Gasteiger partial charge < -0.3 is 10.6 Å². The van der Waals surface area contributed by atoms with Crippen molar-refractivity contribution in [2.75, 3.05) is 10.6 Å². The summed E-state index contributed by atoms with van der Waals surface area (Å²) in [7, 11) is 0. The molecular formula is C17H12F4N4. The van der Waals surface area contributed by atoms with Gasteiger partial charge in [0.2, 0.25) is 0 Å². The number of nitrogens with zero attached hydrogens (tertiary/aromatic N) is 2. The van der Waals surface area contributed by atoms with E-state index < -0.39 is 11.7 Å². The molecule has 2 N–H and O–H groups in total. The number of hydrogen-bond donors (Lipinski definition) is 2. The van der Waals surface area contributed by atoms with Crippen LogP contribution in [0.4, 0.5) is 40.6 Å². The molecular weight excluding hydrogens is 336 g/mol. The number of aromatic nitrogens is 2. The maximum Gasteiger partial charge on any atom is 0.418 e. The molecule has 3 aromatic rings. The fourth-order valence-corrected chi connectivity index (χ4v) is 2.15. The van der Waals surface area contributed by atoms with Crippen molar-refractivity contribution in [3.63, 3.8) is 0 Å². The zero-order chi connectivity index (χ0) is 17.9. The van der Waals surface area contributed by atoms with Crippen molar-refractivity contribution >= 4 is 23.0 Å². The highest BCUT2D eigenvalue weighted by Crippen LogP contribution is 2.35. The molecule has 0 saturated heterocycles. The lowest BCUT2D eigenvalue weighted by atomic mass is 10.1. The van der Waals surface area contributed by atoms with Gasteiger partial charge in [0.1, 0.15) is 23.8 Å². The fraction of sp³-hybridized carbons (Fsp3) is 0.0588. The summed E-state index contributed by atoms with van der Waals surface area (Å²) in [5, 5.41) is 5.57. The van der Waals surface area contributed by atoms with E-state index in [2.05, 4.69) is 20.6 Å². The van der Waals surface area contributed by atoms with Crippen LogP contribution < -0.4 is 10.6 Å². The molecule has 0 saturated carbocycles. The Hall–Kier alpha value is -3.16. The highest BCUT2D eigenvalue weighted by molar-refractivity contribution is 5.65.